The molecule has 0 atom stereocenters. The number of hydrogen-bond acceptors (Lipinski definition) is 3. The Morgan fingerprint density at radius 3 is 2.26 bits per heavy atom. The van der Waals surface area contributed by atoms with Crippen LogP contribution in [-0.4, -0.2) is 19.5 Å². The third kappa shape index (κ3) is 4.03. The van der Waals surface area contributed by atoms with Gasteiger partial charge in [0.05, 0.1) is 15.5 Å². The highest BCUT2D eigenvalue weighted by Gasteiger charge is 2.18. The maximum Gasteiger partial charge on any atom is 0.337 e. The third-order valence-corrected chi connectivity index (χ3v) is 5.02. The molecule has 0 aromatic heterocycles. The average molecular weight is 354 g/mol. The fourth-order valence-electron chi connectivity index (χ4n) is 1.99. The molecule has 0 fully saturated rings. The van der Waals surface area contributed by atoms with Crippen LogP contribution >= 0.6 is 11.6 Å². The lowest BCUT2D eigenvalue weighted by Gasteiger charge is -2.11. The van der Waals surface area contributed by atoms with Gasteiger partial charge in [-0.2, -0.15) is 0 Å². The van der Waals surface area contributed by atoms with Gasteiger partial charge >= 0.3 is 5.97 Å². The van der Waals surface area contributed by atoms with Crippen LogP contribution in [0.5, 0.6) is 0 Å². The van der Waals surface area contributed by atoms with Crippen LogP contribution in [0.4, 0.5) is 5.69 Å². The van der Waals surface area contributed by atoms with E-state index in [-0.39, 0.29) is 15.5 Å². The van der Waals surface area contributed by atoms with E-state index in [1.54, 1.807) is 12.1 Å². The minimum atomic E-state index is -3.89. The van der Waals surface area contributed by atoms with Gasteiger partial charge in [0.25, 0.3) is 10.0 Å². The van der Waals surface area contributed by atoms with Crippen LogP contribution < -0.4 is 4.72 Å². The number of carbonyl (C=O) groups is 1. The summed E-state index contributed by atoms with van der Waals surface area (Å²) in [7, 11) is -3.89. The highest BCUT2D eigenvalue weighted by Crippen LogP contribution is 2.23. The number of halogens is 1. The molecule has 0 saturated heterocycles. The van der Waals surface area contributed by atoms with E-state index in [1.807, 2.05) is 26.0 Å². The lowest BCUT2D eigenvalue weighted by molar-refractivity contribution is 0.0697. The number of rotatable bonds is 5. The molecule has 23 heavy (non-hydrogen) atoms. The number of carboxylic acid groups (broad SMARTS) is 1. The van der Waals surface area contributed by atoms with E-state index in [4.69, 9.17) is 16.7 Å². The van der Waals surface area contributed by atoms with Crippen molar-refractivity contribution in [1.82, 2.24) is 0 Å². The second-order valence-electron chi connectivity index (χ2n) is 5.33. The lowest BCUT2D eigenvalue weighted by atomic mass is 10.0. The smallest absolute Gasteiger partial charge is 0.337 e. The van der Waals surface area contributed by atoms with Gasteiger partial charge in [0, 0.05) is 5.69 Å². The zero-order valence-corrected chi connectivity index (χ0v) is 14.1. The predicted octanol–water partition coefficient (Wildman–Crippen LogP) is 3.96. The molecule has 2 aromatic rings. The molecule has 0 amide bonds. The summed E-state index contributed by atoms with van der Waals surface area (Å²) in [5, 5.41) is 9.01. The van der Waals surface area contributed by atoms with Gasteiger partial charge < -0.3 is 5.11 Å². The molecule has 0 aliphatic rings. The second kappa shape index (κ2) is 6.60. The van der Waals surface area contributed by atoms with Crippen molar-refractivity contribution in [2.24, 2.45) is 0 Å². The maximum absolute atomic E-state index is 12.4. The Kier molecular flexibility index (Phi) is 4.97. The number of sulfonamides is 1. The molecule has 2 rings (SSSR count). The van der Waals surface area contributed by atoms with Crippen LogP contribution in [0.25, 0.3) is 0 Å². The first-order chi connectivity index (χ1) is 10.7. The Bertz CT molecular complexity index is 830. The van der Waals surface area contributed by atoms with E-state index in [1.165, 1.54) is 12.1 Å². The van der Waals surface area contributed by atoms with Gasteiger partial charge in [0.1, 0.15) is 0 Å². The number of aromatic carboxylic acids is 1. The van der Waals surface area contributed by atoms with Crippen LogP contribution in [0, 0.1) is 0 Å². The molecule has 7 heteroatoms. The monoisotopic (exact) mass is 353 g/mol. The van der Waals surface area contributed by atoms with Gasteiger partial charge in [-0.1, -0.05) is 37.6 Å². The van der Waals surface area contributed by atoms with Crippen molar-refractivity contribution in [2.75, 3.05) is 4.72 Å². The summed E-state index contributed by atoms with van der Waals surface area (Å²) in [5.74, 6) is -0.941. The molecule has 2 N–H and O–H groups in total. The van der Waals surface area contributed by atoms with Crippen molar-refractivity contribution < 1.29 is 18.3 Å². The van der Waals surface area contributed by atoms with Crippen molar-refractivity contribution in [1.29, 1.82) is 0 Å². The highest BCUT2D eigenvalue weighted by molar-refractivity contribution is 7.92. The molecule has 5 nitrogen and oxygen atoms in total. The van der Waals surface area contributed by atoms with Gasteiger partial charge in [-0.15, -0.1) is 0 Å². The Hall–Kier alpha value is -2.05. The molecule has 0 heterocycles. The van der Waals surface area contributed by atoms with E-state index in [0.717, 1.165) is 11.6 Å². The lowest BCUT2D eigenvalue weighted by Crippen LogP contribution is -2.14. The molecule has 0 radical (unpaired) electrons. The zero-order valence-electron chi connectivity index (χ0n) is 12.6. The van der Waals surface area contributed by atoms with Crippen LogP contribution in [-0.2, 0) is 10.0 Å². The Morgan fingerprint density at radius 1 is 1.13 bits per heavy atom. The Labute approximate surface area is 140 Å². The van der Waals surface area contributed by atoms with E-state index in [2.05, 4.69) is 4.72 Å². The van der Waals surface area contributed by atoms with Crippen molar-refractivity contribution >= 4 is 33.3 Å². The molecule has 0 unspecified atom stereocenters. The quantitative estimate of drug-likeness (QED) is 0.852. The molecular formula is C16H16ClNO4S. The normalized spacial score (nSPS) is 11.5. The Balaban J connectivity index is 2.32. The maximum atomic E-state index is 12.4. The molecule has 0 spiro atoms. The van der Waals surface area contributed by atoms with Gasteiger partial charge in [0.15, 0.2) is 0 Å². The fraction of sp³-hybridized carbons (Fsp3) is 0.188. The molecule has 0 aliphatic heterocycles. The van der Waals surface area contributed by atoms with Gasteiger partial charge in [-0.3, -0.25) is 4.72 Å². The largest absolute Gasteiger partial charge is 0.478 e. The highest BCUT2D eigenvalue weighted by atomic mass is 35.5. The topological polar surface area (TPSA) is 83.5 Å². The summed E-state index contributed by atoms with van der Waals surface area (Å²) < 4.78 is 27.1. The van der Waals surface area contributed by atoms with E-state index >= 15 is 0 Å². The van der Waals surface area contributed by atoms with Crippen LogP contribution in [0.2, 0.25) is 5.02 Å². The standard InChI is InChI=1S/C16H16ClNO4S/c1-10(2)11-3-5-12(6-4-11)18-23(21,22)13-7-8-15(17)14(9-13)16(19)20/h3-10,18H,1-2H3,(H,19,20). The van der Waals surface area contributed by atoms with Crippen molar-refractivity contribution in [3.63, 3.8) is 0 Å². The van der Waals surface area contributed by atoms with E-state index in [9.17, 15) is 13.2 Å². The minimum Gasteiger partial charge on any atom is -0.478 e. The summed E-state index contributed by atoms with van der Waals surface area (Å²) in [6.07, 6.45) is 0. The van der Waals surface area contributed by atoms with Crippen LogP contribution in [0.15, 0.2) is 47.4 Å². The van der Waals surface area contributed by atoms with Gasteiger partial charge in [-0.05, 0) is 41.8 Å². The summed E-state index contributed by atoms with van der Waals surface area (Å²) >= 11 is 5.75. The first-order valence-electron chi connectivity index (χ1n) is 6.86. The zero-order chi connectivity index (χ0) is 17.2. The first kappa shape index (κ1) is 17.3. The van der Waals surface area contributed by atoms with Crippen LogP contribution in [0.3, 0.4) is 0 Å². The Morgan fingerprint density at radius 2 is 1.74 bits per heavy atom. The number of benzene rings is 2. The van der Waals surface area contributed by atoms with Crippen molar-refractivity contribution in [3.05, 3.63) is 58.6 Å². The first-order valence-corrected chi connectivity index (χ1v) is 8.72. The fourth-order valence-corrected chi connectivity index (χ4v) is 3.27. The molecule has 0 bridgehead atoms. The number of hydrogen-bond donors (Lipinski definition) is 2. The summed E-state index contributed by atoms with van der Waals surface area (Å²) in [5.41, 5.74) is 1.23. The summed E-state index contributed by atoms with van der Waals surface area (Å²) in [6, 6.07) is 10.6. The molecule has 122 valence electrons. The van der Waals surface area contributed by atoms with Crippen LogP contribution in [0.1, 0.15) is 35.7 Å². The number of anilines is 1. The molecule has 0 aliphatic carbocycles. The van der Waals surface area contributed by atoms with Gasteiger partial charge in [-0.25, -0.2) is 13.2 Å². The minimum absolute atomic E-state index is 0.0160. The average Bonchev–Trinajstić information content (AvgIpc) is 2.47. The van der Waals surface area contributed by atoms with E-state index < -0.39 is 16.0 Å². The van der Waals surface area contributed by atoms with Gasteiger partial charge in [0.2, 0.25) is 0 Å². The summed E-state index contributed by atoms with van der Waals surface area (Å²) in [4.78, 5) is 10.9. The van der Waals surface area contributed by atoms with Crippen molar-refractivity contribution in [3.8, 4) is 0 Å². The molecular weight excluding hydrogens is 338 g/mol. The summed E-state index contributed by atoms with van der Waals surface area (Å²) in [6.45, 7) is 4.08. The second-order valence-corrected chi connectivity index (χ2v) is 7.42. The third-order valence-electron chi connectivity index (χ3n) is 3.31. The van der Waals surface area contributed by atoms with E-state index in [0.29, 0.717) is 11.6 Å². The van der Waals surface area contributed by atoms with Crippen molar-refractivity contribution in [2.45, 2.75) is 24.7 Å². The number of nitrogens with one attached hydrogen (secondary N) is 1. The molecule has 2 aromatic carbocycles. The molecule has 0 saturated carbocycles. The SMILES string of the molecule is CC(C)c1ccc(NS(=O)(=O)c2ccc(Cl)c(C(=O)O)c2)cc1. The number of carboxylic acids is 1. The predicted molar refractivity (Wildman–Crippen MR) is 89.8 cm³/mol.